The highest BCUT2D eigenvalue weighted by Crippen LogP contribution is 2.29. The number of aromatic amines is 3. The molecule has 68 heavy (non-hydrogen) atoms. The van der Waals surface area contributed by atoms with Gasteiger partial charge in [-0.2, -0.15) is 0 Å². The SMILES string of the molecule is Cc1cc2nc(-c3ccc([C@H]4CNCCO4)cc3)[nH]c2cc1C.Fc1cc(F)c2nc(-c3ccc([C@H]4CNCCO4)cc3)[nH]c2c1.Fc1ccc2nc(-c3ccc([C@@H]4CNCCO4)cc3)[nH]c2c1. The van der Waals surface area contributed by atoms with Crippen molar-refractivity contribution in [1.29, 1.82) is 0 Å². The number of imidazole rings is 3. The second-order valence-corrected chi connectivity index (χ2v) is 17.2. The highest BCUT2D eigenvalue weighted by atomic mass is 19.1. The van der Waals surface area contributed by atoms with Gasteiger partial charge in [0.15, 0.2) is 5.82 Å². The van der Waals surface area contributed by atoms with E-state index < -0.39 is 11.6 Å². The monoisotopic (exact) mass is 919 g/mol. The van der Waals surface area contributed by atoms with Crippen LogP contribution in [0.2, 0.25) is 0 Å². The molecule has 9 aromatic rings. The van der Waals surface area contributed by atoms with Gasteiger partial charge in [0.05, 0.1) is 65.7 Å². The number of H-pyrrole nitrogens is 3. The van der Waals surface area contributed by atoms with Crippen LogP contribution in [0.4, 0.5) is 13.2 Å². The van der Waals surface area contributed by atoms with Crippen molar-refractivity contribution < 1.29 is 27.4 Å². The fourth-order valence-corrected chi connectivity index (χ4v) is 8.61. The van der Waals surface area contributed by atoms with E-state index >= 15 is 0 Å². The number of aryl methyl sites for hydroxylation is 2. The zero-order chi connectivity index (χ0) is 46.6. The Bertz CT molecular complexity index is 3100. The van der Waals surface area contributed by atoms with Gasteiger partial charge in [-0.3, -0.25) is 0 Å². The molecule has 3 fully saturated rings. The Labute approximate surface area is 391 Å². The minimum Gasteiger partial charge on any atom is -0.371 e. The van der Waals surface area contributed by atoms with Crippen molar-refractivity contribution >= 4 is 33.1 Å². The molecule has 6 aromatic carbocycles. The molecule has 3 atom stereocenters. The van der Waals surface area contributed by atoms with E-state index in [0.29, 0.717) is 23.5 Å². The predicted octanol–water partition coefficient (Wildman–Crippen LogP) is 9.71. The van der Waals surface area contributed by atoms with Gasteiger partial charge in [0.2, 0.25) is 0 Å². The van der Waals surface area contributed by atoms with Gasteiger partial charge < -0.3 is 45.1 Å². The van der Waals surface area contributed by atoms with Crippen molar-refractivity contribution in [2.45, 2.75) is 32.2 Å². The number of benzene rings is 6. The molecule has 3 aliphatic heterocycles. The lowest BCUT2D eigenvalue weighted by Crippen LogP contribution is -2.33. The Morgan fingerprint density at radius 1 is 0.441 bits per heavy atom. The lowest BCUT2D eigenvalue weighted by Gasteiger charge is -2.24. The van der Waals surface area contributed by atoms with Crippen LogP contribution in [0.25, 0.3) is 67.3 Å². The van der Waals surface area contributed by atoms with E-state index in [1.54, 1.807) is 6.07 Å². The van der Waals surface area contributed by atoms with Crippen molar-refractivity contribution in [3.63, 3.8) is 0 Å². The van der Waals surface area contributed by atoms with Crippen LogP contribution in [0.15, 0.2) is 115 Å². The first kappa shape index (κ1) is 45.1. The normalized spacial score (nSPS) is 18.5. The third-order valence-electron chi connectivity index (χ3n) is 12.5. The summed E-state index contributed by atoms with van der Waals surface area (Å²) in [6, 6.07) is 35.3. The fraction of sp³-hybridized carbons (Fsp3) is 0.264. The molecular formula is C53H52F3N9O3. The highest BCUT2D eigenvalue weighted by molar-refractivity contribution is 5.82. The molecule has 3 saturated heterocycles. The first-order valence-electron chi connectivity index (χ1n) is 23.0. The molecule has 0 bridgehead atoms. The molecule has 6 heterocycles. The van der Waals surface area contributed by atoms with Crippen LogP contribution in [0.1, 0.15) is 46.1 Å². The number of nitrogens with one attached hydrogen (secondary N) is 6. The summed E-state index contributed by atoms with van der Waals surface area (Å²) in [5.41, 5.74) is 13.0. The zero-order valence-corrected chi connectivity index (χ0v) is 37.8. The average Bonchev–Trinajstić information content (AvgIpc) is 4.13. The van der Waals surface area contributed by atoms with E-state index in [9.17, 15) is 13.2 Å². The smallest absolute Gasteiger partial charge is 0.153 e. The van der Waals surface area contributed by atoms with E-state index in [1.807, 2.05) is 36.4 Å². The molecule has 348 valence electrons. The summed E-state index contributed by atoms with van der Waals surface area (Å²) in [4.78, 5) is 23.0. The number of hydrogen-bond acceptors (Lipinski definition) is 9. The summed E-state index contributed by atoms with van der Waals surface area (Å²) >= 11 is 0. The number of fused-ring (bicyclic) bond motifs is 3. The van der Waals surface area contributed by atoms with Gasteiger partial charge in [0.25, 0.3) is 0 Å². The molecule has 0 spiro atoms. The van der Waals surface area contributed by atoms with Crippen LogP contribution in [-0.4, -0.2) is 89.0 Å². The number of hydrogen-bond donors (Lipinski definition) is 6. The Balaban J connectivity index is 0.000000119. The number of morpholine rings is 3. The second kappa shape index (κ2) is 20.2. The Morgan fingerprint density at radius 3 is 1.35 bits per heavy atom. The summed E-state index contributed by atoms with van der Waals surface area (Å²) in [7, 11) is 0. The van der Waals surface area contributed by atoms with Gasteiger partial charge in [0.1, 0.15) is 34.6 Å². The largest absolute Gasteiger partial charge is 0.371 e. The number of ether oxygens (including phenoxy) is 3. The van der Waals surface area contributed by atoms with E-state index in [4.69, 9.17) is 19.2 Å². The zero-order valence-electron chi connectivity index (χ0n) is 37.8. The standard InChI is InChI=1S/C19H21N3O.C17H15F2N3O.C17H16FN3O/c1-12-9-16-17(10-13(12)2)22-19(21-16)15-5-3-14(4-6-15)18-11-20-7-8-23-18;18-12-7-13(19)16-14(8-12)21-17(22-16)11-3-1-10(2-4-11)15-9-20-5-6-23-15;18-13-5-6-14-15(9-13)21-17(20-14)12-3-1-11(2-4-12)16-10-19-7-8-22-16/h3-6,9-10,18,20H,7-8,11H2,1-2H3,(H,21,22);1-4,7-8,15,20H,5-6,9H2,(H,21,22);1-6,9,16,19H,7-8,10H2,(H,20,21)/t18-;15-;16-/m110/s1. The molecule has 15 heteroatoms. The van der Waals surface area contributed by atoms with Gasteiger partial charge in [-0.1, -0.05) is 72.8 Å². The summed E-state index contributed by atoms with van der Waals surface area (Å²) in [5.74, 6) is 0.621. The van der Waals surface area contributed by atoms with Gasteiger partial charge in [-0.25, -0.2) is 28.1 Å². The Hall–Kier alpha value is -6.72. The number of aromatic nitrogens is 6. The maximum Gasteiger partial charge on any atom is 0.153 e. The number of halogens is 3. The van der Waals surface area contributed by atoms with Gasteiger partial charge in [-0.05, 0) is 78.1 Å². The predicted molar refractivity (Wildman–Crippen MR) is 259 cm³/mol. The Kier molecular flexibility index (Phi) is 13.4. The molecule has 0 saturated carbocycles. The maximum atomic E-state index is 13.7. The highest BCUT2D eigenvalue weighted by Gasteiger charge is 2.19. The lowest BCUT2D eigenvalue weighted by atomic mass is 10.1. The molecule has 3 aromatic heterocycles. The van der Waals surface area contributed by atoms with Crippen molar-refractivity contribution in [2.75, 3.05) is 59.1 Å². The minimum absolute atomic E-state index is 0.0417. The quantitative estimate of drug-likeness (QED) is 0.0959. The molecule has 12 rings (SSSR count). The fourth-order valence-electron chi connectivity index (χ4n) is 8.61. The topological polar surface area (TPSA) is 150 Å². The number of rotatable bonds is 6. The van der Waals surface area contributed by atoms with Crippen LogP contribution in [0.3, 0.4) is 0 Å². The molecule has 3 aliphatic rings. The third kappa shape index (κ3) is 10.2. The first-order chi connectivity index (χ1) is 33.2. The molecule has 0 amide bonds. The summed E-state index contributed by atoms with van der Waals surface area (Å²) < 4.78 is 57.5. The van der Waals surface area contributed by atoms with Gasteiger partial charge in [0, 0.05) is 62.0 Å². The second-order valence-electron chi connectivity index (χ2n) is 17.2. The van der Waals surface area contributed by atoms with Crippen LogP contribution in [0.5, 0.6) is 0 Å². The maximum absolute atomic E-state index is 13.7. The van der Waals surface area contributed by atoms with Crippen molar-refractivity contribution in [3.8, 4) is 34.2 Å². The molecule has 6 N–H and O–H groups in total. The molecule has 12 nitrogen and oxygen atoms in total. The van der Waals surface area contributed by atoms with E-state index in [-0.39, 0.29) is 29.6 Å². The van der Waals surface area contributed by atoms with Crippen LogP contribution < -0.4 is 16.0 Å². The molecule has 0 aliphatic carbocycles. The lowest BCUT2D eigenvalue weighted by molar-refractivity contribution is 0.0276. The van der Waals surface area contributed by atoms with Gasteiger partial charge >= 0.3 is 0 Å². The van der Waals surface area contributed by atoms with Crippen LogP contribution in [0, 0.1) is 31.3 Å². The minimum atomic E-state index is -0.666. The summed E-state index contributed by atoms with van der Waals surface area (Å²) in [6.07, 6.45) is 0.298. The van der Waals surface area contributed by atoms with E-state index in [2.05, 4.69) is 103 Å². The average molecular weight is 920 g/mol. The van der Waals surface area contributed by atoms with Gasteiger partial charge in [-0.15, -0.1) is 0 Å². The third-order valence-corrected chi connectivity index (χ3v) is 12.5. The summed E-state index contributed by atoms with van der Waals surface area (Å²) in [6.45, 7) is 11.7. The number of nitrogens with zero attached hydrogens (tertiary/aromatic N) is 3. The summed E-state index contributed by atoms with van der Waals surface area (Å²) in [5, 5.41) is 9.98. The molecule has 0 unspecified atom stereocenters. The van der Waals surface area contributed by atoms with Crippen LogP contribution >= 0.6 is 0 Å². The molecular weight excluding hydrogens is 868 g/mol. The van der Waals surface area contributed by atoms with Crippen molar-refractivity contribution in [3.05, 3.63) is 161 Å². The van der Waals surface area contributed by atoms with Crippen molar-refractivity contribution in [2.24, 2.45) is 0 Å². The van der Waals surface area contributed by atoms with Crippen molar-refractivity contribution in [1.82, 2.24) is 45.9 Å². The first-order valence-corrected chi connectivity index (χ1v) is 23.0. The van der Waals surface area contributed by atoms with E-state index in [0.717, 1.165) is 115 Å². The van der Waals surface area contributed by atoms with E-state index in [1.165, 1.54) is 34.9 Å². The van der Waals surface area contributed by atoms with Crippen LogP contribution in [-0.2, 0) is 14.2 Å². The Morgan fingerprint density at radius 2 is 0.868 bits per heavy atom. The molecule has 0 radical (unpaired) electrons.